The lowest BCUT2D eigenvalue weighted by Crippen LogP contribution is -2.35. The molecular weight excluding hydrogens is 458 g/mol. The third kappa shape index (κ3) is 6.82. The number of carboxylic acid groups (broad SMARTS) is 1. The van der Waals surface area contributed by atoms with Gasteiger partial charge in [-0.1, -0.05) is 12.1 Å². The number of hydrogen-bond acceptors (Lipinski definition) is 5. The van der Waals surface area contributed by atoms with Gasteiger partial charge in [0.25, 0.3) is 17.5 Å². The van der Waals surface area contributed by atoms with Crippen LogP contribution in [0.25, 0.3) is 6.08 Å². The minimum atomic E-state index is -0.979. The minimum Gasteiger partial charge on any atom is -0.481 e. The van der Waals surface area contributed by atoms with Gasteiger partial charge in [0.05, 0.1) is 10.5 Å². The van der Waals surface area contributed by atoms with Crippen molar-refractivity contribution < 1.29 is 24.4 Å². The van der Waals surface area contributed by atoms with Crippen molar-refractivity contribution >= 4 is 45.5 Å². The Kier molecular flexibility index (Phi) is 8.24. The molecule has 0 atom stereocenters. The van der Waals surface area contributed by atoms with Gasteiger partial charge in [-0.15, -0.1) is 0 Å². The van der Waals surface area contributed by atoms with Crippen LogP contribution in [0, 0.1) is 10.1 Å². The Morgan fingerprint density at radius 2 is 1.77 bits per heavy atom. The van der Waals surface area contributed by atoms with Gasteiger partial charge in [-0.25, -0.2) is 0 Å². The first-order valence-electron chi connectivity index (χ1n) is 8.80. The van der Waals surface area contributed by atoms with E-state index in [0.29, 0.717) is 15.6 Å². The summed E-state index contributed by atoms with van der Waals surface area (Å²) >= 11 is 3.28. The van der Waals surface area contributed by atoms with Crippen LogP contribution in [0.4, 0.5) is 5.69 Å². The maximum Gasteiger partial charge on any atom is 0.303 e. The van der Waals surface area contributed by atoms with Crippen LogP contribution in [-0.4, -0.2) is 34.4 Å². The number of non-ortho nitro benzene ring substituents is 1. The van der Waals surface area contributed by atoms with Gasteiger partial charge in [0, 0.05) is 29.6 Å². The molecule has 0 aliphatic rings. The van der Waals surface area contributed by atoms with Gasteiger partial charge < -0.3 is 15.7 Å². The third-order valence-electron chi connectivity index (χ3n) is 3.88. The molecule has 0 saturated carbocycles. The molecule has 0 aliphatic heterocycles. The van der Waals surface area contributed by atoms with Crippen LogP contribution in [0.5, 0.6) is 0 Å². The van der Waals surface area contributed by atoms with Crippen LogP contribution in [0.15, 0.2) is 58.7 Å². The number of nitrogens with one attached hydrogen (secondary N) is 2. The summed E-state index contributed by atoms with van der Waals surface area (Å²) in [5, 5.41) is 24.6. The molecule has 0 radical (unpaired) electrons. The number of nitro groups is 1. The number of aliphatic carboxylic acids is 1. The second-order valence-electron chi connectivity index (χ2n) is 6.09. The Morgan fingerprint density at radius 1 is 1.10 bits per heavy atom. The number of halogens is 1. The highest BCUT2D eigenvalue weighted by molar-refractivity contribution is 9.10. The molecule has 2 aromatic rings. The van der Waals surface area contributed by atoms with E-state index < -0.39 is 22.7 Å². The lowest BCUT2D eigenvalue weighted by Gasteiger charge is -2.12. The highest BCUT2D eigenvalue weighted by Crippen LogP contribution is 2.17. The van der Waals surface area contributed by atoms with Gasteiger partial charge in [0.15, 0.2) is 0 Å². The van der Waals surface area contributed by atoms with Crippen molar-refractivity contribution in [1.82, 2.24) is 10.6 Å². The highest BCUT2D eigenvalue weighted by Gasteiger charge is 2.16. The summed E-state index contributed by atoms with van der Waals surface area (Å²) in [5.74, 6) is -2.12. The Bertz CT molecular complexity index is 988. The molecule has 2 aromatic carbocycles. The van der Waals surface area contributed by atoms with E-state index in [9.17, 15) is 24.5 Å². The van der Waals surface area contributed by atoms with Crippen molar-refractivity contribution in [3.63, 3.8) is 0 Å². The van der Waals surface area contributed by atoms with Gasteiger partial charge in [-0.3, -0.25) is 24.5 Å². The Balaban J connectivity index is 2.23. The molecule has 0 heterocycles. The zero-order valence-corrected chi connectivity index (χ0v) is 17.2. The van der Waals surface area contributed by atoms with Crippen LogP contribution in [0.1, 0.15) is 28.8 Å². The molecule has 0 fully saturated rings. The molecule has 0 aromatic heterocycles. The van der Waals surface area contributed by atoms with Crippen molar-refractivity contribution in [3.05, 3.63) is 79.9 Å². The molecule has 0 saturated heterocycles. The molecule has 30 heavy (non-hydrogen) atoms. The van der Waals surface area contributed by atoms with Crippen molar-refractivity contribution in [2.24, 2.45) is 0 Å². The van der Waals surface area contributed by atoms with Gasteiger partial charge in [-0.05, 0) is 58.3 Å². The maximum atomic E-state index is 12.6. The quantitative estimate of drug-likeness (QED) is 0.220. The summed E-state index contributed by atoms with van der Waals surface area (Å²) in [6, 6.07) is 12.1. The average Bonchev–Trinajstić information content (AvgIpc) is 2.71. The predicted molar refractivity (Wildman–Crippen MR) is 113 cm³/mol. The van der Waals surface area contributed by atoms with Crippen molar-refractivity contribution in [3.8, 4) is 0 Å². The van der Waals surface area contributed by atoms with Crippen molar-refractivity contribution in [2.45, 2.75) is 12.8 Å². The molecule has 2 rings (SSSR count). The maximum absolute atomic E-state index is 12.6. The van der Waals surface area contributed by atoms with E-state index in [2.05, 4.69) is 26.6 Å². The van der Waals surface area contributed by atoms with E-state index in [-0.39, 0.29) is 30.8 Å². The van der Waals surface area contributed by atoms with E-state index in [4.69, 9.17) is 5.11 Å². The fourth-order valence-electron chi connectivity index (χ4n) is 2.39. The number of hydrogen-bond donors (Lipinski definition) is 3. The molecule has 3 N–H and O–H groups in total. The van der Waals surface area contributed by atoms with Crippen molar-refractivity contribution in [1.29, 1.82) is 0 Å². The van der Waals surface area contributed by atoms with Crippen LogP contribution >= 0.6 is 15.9 Å². The fourth-order valence-corrected chi connectivity index (χ4v) is 2.85. The molecule has 0 aliphatic carbocycles. The SMILES string of the molecule is O=C(O)CCCNC(=O)C(=Cc1ccc([N+](=O)[O-])cc1)NC(=O)c1ccccc1Br. The van der Waals surface area contributed by atoms with E-state index >= 15 is 0 Å². The summed E-state index contributed by atoms with van der Waals surface area (Å²) in [6.07, 6.45) is 1.50. The first-order chi connectivity index (χ1) is 14.3. The molecule has 9 nitrogen and oxygen atoms in total. The van der Waals surface area contributed by atoms with Crippen LogP contribution in [0.3, 0.4) is 0 Å². The van der Waals surface area contributed by atoms with Gasteiger partial charge >= 0.3 is 5.97 Å². The van der Waals surface area contributed by atoms with Crippen molar-refractivity contribution in [2.75, 3.05) is 6.54 Å². The number of nitrogens with zero attached hydrogens (tertiary/aromatic N) is 1. The zero-order chi connectivity index (χ0) is 22.1. The van der Waals surface area contributed by atoms with E-state index in [0.717, 1.165) is 0 Å². The smallest absolute Gasteiger partial charge is 0.303 e. The first-order valence-corrected chi connectivity index (χ1v) is 9.59. The lowest BCUT2D eigenvalue weighted by atomic mass is 10.1. The van der Waals surface area contributed by atoms with E-state index in [1.165, 1.54) is 30.3 Å². The Hall–Kier alpha value is -3.53. The molecular formula is C20H18BrN3O6. The number of amides is 2. The number of nitro benzene ring substituents is 1. The number of benzene rings is 2. The van der Waals surface area contributed by atoms with Gasteiger partial charge in [0.1, 0.15) is 5.70 Å². The molecule has 156 valence electrons. The molecule has 0 bridgehead atoms. The Labute approximate surface area is 180 Å². The summed E-state index contributed by atoms with van der Waals surface area (Å²) in [4.78, 5) is 46.0. The monoisotopic (exact) mass is 475 g/mol. The van der Waals surface area contributed by atoms with Gasteiger partial charge in [0.2, 0.25) is 0 Å². The summed E-state index contributed by atoms with van der Waals surface area (Å²) in [6.45, 7) is 0.105. The lowest BCUT2D eigenvalue weighted by molar-refractivity contribution is -0.384. The summed E-state index contributed by atoms with van der Waals surface area (Å²) in [7, 11) is 0. The molecule has 0 unspecified atom stereocenters. The molecule has 2 amide bonds. The number of rotatable bonds is 9. The number of carbonyl (C=O) groups is 3. The second kappa shape index (κ2) is 10.9. The molecule has 10 heteroatoms. The van der Waals surface area contributed by atoms with Crippen LogP contribution < -0.4 is 10.6 Å². The fraction of sp³-hybridized carbons (Fsp3) is 0.150. The van der Waals surface area contributed by atoms with E-state index in [1.54, 1.807) is 24.3 Å². The largest absolute Gasteiger partial charge is 0.481 e. The normalized spacial score (nSPS) is 10.9. The topological polar surface area (TPSA) is 139 Å². The van der Waals surface area contributed by atoms with Crippen LogP contribution in [-0.2, 0) is 9.59 Å². The second-order valence-corrected chi connectivity index (χ2v) is 6.95. The highest BCUT2D eigenvalue weighted by atomic mass is 79.9. The Morgan fingerprint density at radius 3 is 2.37 bits per heavy atom. The minimum absolute atomic E-state index is 0.0834. The summed E-state index contributed by atoms with van der Waals surface area (Å²) < 4.78 is 0.541. The predicted octanol–water partition coefficient (Wildman–Crippen LogP) is 3.11. The number of carboxylic acids is 1. The van der Waals surface area contributed by atoms with Crippen LogP contribution in [0.2, 0.25) is 0 Å². The van der Waals surface area contributed by atoms with Gasteiger partial charge in [-0.2, -0.15) is 0 Å². The summed E-state index contributed by atoms with van der Waals surface area (Å²) in [5.41, 5.74) is 0.582. The zero-order valence-electron chi connectivity index (χ0n) is 15.6. The average molecular weight is 476 g/mol. The third-order valence-corrected chi connectivity index (χ3v) is 4.57. The standard InChI is InChI=1S/C20H18BrN3O6/c21-16-5-2-1-4-15(16)19(27)23-17(20(28)22-11-3-6-18(25)26)12-13-7-9-14(10-8-13)24(29)30/h1-2,4-5,7-10,12H,3,6,11H2,(H,22,28)(H,23,27)(H,25,26). The molecule has 0 spiro atoms. The number of carbonyl (C=O) groups excluding carboxylic acids is 2. The first kappa shape index (κ1) is 22.8. The van der Waals surface area contributed by atoms with E-state index in [1.807, 2.05) is 0 Å².